The van der Waals surface area contributed by atoms with Crippen molar-refractivity contribution in [3.63, 3.8) is 0 Å². The van der Waals surface area contributed by atoms with Gasteiger partial charge in [-0.05, 0) is 37.5 Å². The SMILES string of the molecule is O=[N+]([O-])c1cccc2c1SSS2. The summed E-state index contributed by atoms with van der Waals surface area (Å²) in [5.74, 6) is 0. The second-order valence-electron chi connectivity index (χ2n) is 2.10. The summed E-state index contributed by atoms with van der Waals surface area (Å²) in [5.41, 5.74) is 0.218. The van der Waals surface area contributed by atoms with Crippen LogP contribution in [0.2, 0.25) is 0 Å². The second kappa shape index (κ2) is 3.20. The van der Waals surface area contributed by atoms with Gasteiger partial charge in [0.05, 0.1) is 4.92 Å². The molecule has 0 unspecified atom stereocenters. The van der Waals surface area contributed by atoms with E-state index in [1.165, 1.54) is 16.9 Å². The summed E-state index contributed by atoms with van der Waals surface area (Å²) in [7, 11) is 4.60. The van der Waals surface area contributed by atoms with E-state index in [-0.39, 0.29) is 10.6 Å². The van der Waals surface area contributed by atoms with Crippen LogP contribution >= 0.6 is 31.4 Å². The smallest absolute Gasteiger partial charge is 0.258 e. The van der Waals surface area contributed by atoms with Gasteiger partial charge in [0.1, 0.15) is 4.90 Å². The summed E-state index contributed by atoms with van der Waals surface area (Å²) in [6.45, 7) is 0. The monoisotopic (exact) mass is 217 g/mol. The Balaban J connectivity index is 2.56. The molecular formula is C6H3NO2S3. The molecule has 0 bridgehead atoms. The lowest BCUT2D eigenvalue weighted by molar-refractivity contribution is -0.388. The minimum atomic E-state index is -0.335. The predicted octanol–water partition coefficient (Wildman–Crippen LogP) is 3.36. The van der Waals surface area contributed by atoms with Crippen molar-refractivity contribution in [3.05, 3.63) is 28.3 Å². The minimum absolute atomic E-state index is 0.218. The van der Waals surface area contributed by atoms with E-state index in [0.717, 1.165) is 9.79 Å². The molecule has 0 atom stereocenters. The van der Waals surface area contributed by atoms with E-state index in [1.807, 2.05) is 6.07 Å². The number of hydrogen-bond donors (Lipinski definition) is 0. The highest BCUT2D eigenvalue weighted by molar-refractivity contribution is 9.10. The van der Waals surface area contributed by atoms with Crippen molar-refractivity contribution in [1.82, 2.24) is 0 Å². The number of nitrogens with zero attached hydrogens (tertiary/aromatic N) is 1. The fraction of sp³-hybridized carbons (Fsp3) is 0. The molecule has 0 amide bonds. The zero-order valence-electron chi connectivity index (χ0n) is 5.72. The maximum Gasteiger partial charge on any atom is 0.284 e. The second-order valence-corrected chi connectivity index (χ2v) is 6.05. The Morgan fingerprint density at radius 1 is 1.33 bits per heavy atom. The van der Waals surface area contributed by atoms with Gasteiger partial charge in [0.15, 0.2) is 0 Å². The summed E-state index contributed by atoms with van der Waals surface area (Å²) < 4.78 is 0. The van der Waals surface area contributed by atoms with E-state index in [1.54, 1.807) is 26.7 Å². The lowest BCUT2D eigenvalue weighted by atomic mass is 10.3. The normalized spacial score (nSPS) is 14.3. The number of benzene rings is 1. The molecule has 0 radical (unpaired) electrons. The van der Waals surface area contributed by atoms with Crippen molar-refractivity contribution in [2.75, 3.05) is 0 Å². The number of nitro groups is 1. The predicted molar refractivity (Wildman–Crippen MR) is 52.4 cm³/mol. The van der Waals surface area contributed by atoms with Gasteiger partial charge in [0, 0.05) is 11.0 Å². The number of nitro benzene ring substituents is 1. The molecule has 62 valence electrons. The standard InChI is InChI=1S/C6H3NO2S3/c8-7(9)4-2-1-3-5-6(4)11-12-10-5/h1-3H. The van der Waals surface area contributed by atoms with Crippen LogP contribution in [0.5, 0.6) is 0 Å². The van der Waals surface area contributed by atoms with Crippen LogP contribution < -0.4 is 0 Å². The summed E-state index contributed by atoms with van der Waals surface area (Å²) >= 11 is 0. The van der Waals surface area contributed by atoms with E-state index in [4.69, 9.17) is 0 Å². The lowest BCUT2D eigenvalue weighted by Gasteiger charge is -1.95. The van der Waals surface area contributed by atoms with E-state index < -0.39 is 0 Å². The Labute approximate surface area is 80.2 Å². The molecule has 2 rings (SSSR count). The van der Waals surface area contributed by atoms with Crippen LogP contribution in [0.4, 0.5) is 5.69 Å². The first-order valence-corrected chi connectivity index (χ1v) is 6.56. The fourth-order valence-electron chi connectivity index (χ4n) is 0.885. The van der Waals surface area contributed by atoms with Crippen molar-refractivity contribution < 1.29 is 4.92 Å². The average molecular weight is 217 g/mol. The summed E-state index contributed by atoms with van der Waals surface area (Å²) in [4.78, 5) is 12.0. The lowest BCUT2D eigenvalue weighted by Crippen LogP contribution is -1.89. The van der Waals surface area contributed by atoms with Gasteiger partial charge < -0.3 is 0 Å². The number of hydrogen-bond acceptors (Lipinski definition) is 5. The molecular weight excluding hydrogens is 214 g/mol. The minimum Gasteiger partial charge on any atom is -0.258 e. The first kappa shape index (κ1) is 8.28. The van der Waals surface area contributed by atoms with Gasteiger partial charge in [-0.1, -0.05) is 6.07 Å². The Morgan fingerprint density at radius 2 is 2.17 bits per heavy atom. The molecule has 1 aromatic rings. The first-order chi connectivity index (χ1) is 5.79. The topological polar surface area (TPSA) is 43.1 Å². The molecule has 6 heteroatoms. The van der Waals surface area contributed by atoms with E-state index >= 15 is 0 Å². The molecule has 1 aliphatic rings. The third kappa shape index (κ3) is 1.30. The van der Waals surface area contributed by atoms with E-state index in [9.17, 15) is 10.1 Å². The zero-order valence-corrected chi connectivity index (χ0v) is 8.17. The highest BCUT2D eigenvalue weighted by Crippen LogP contribution is 2.58. The molecule has 12 heavy (non-hydrogen) atoms. The maximum absolute atomic E-state index is 10.5. The van der Waals surface area contributed by atoms with Crippen LogP contribution in [0.3, 0.4) is 0 Å². The fourth-order valence-corrected chi connectivity index (χ4v) is 5.37. The highest BCUT2D eigenvalue weighted by Gasteiger charge is 2.23. The van der Waals surface area contributed by atoms with E-state index in [0.29, 0.717) is 0 Å². The molecule has 0 aliphatic carbocycles. The van der Waals surface area contributed by atoms with Crippen LogP contribution in [0.25, 0.3) is 0 Å². The quantitative estimate of drug-likeness (QED) is 0.410. The zero-order chi connectivity index (χ0) is 8.55. The van der Waals surface area contributed by atoms with Crippen molar-refractivity contribution in [3.8, 4) is 0 Å². The number of rotatable bonds is 1. The van der Waals surface area contributed by atoms with Crippen LogP contribution in [0.15, 0.2) is 28.0 Å². The third-order valence-corrected chi connectivity index (χ3v) is 5.45. The summed E-state index contributed by atoms with van der Waals surface area (Å²) in [6.07, 6.45) is 0. The molecule has 0 fully saturated rings. The molecule has 0 aromatic heterocycles. The van der Waals surface area contributed by atoms with Crippen LogP contribution in [-0.4, -0.2) is 4.92 Å². The highest BCUT2D eigenvalue weighted by atomic mass is 33.5. The number of fused-ring (bicyclic) bond motifs is 1. The van der Waals surface area contributed by atoms with Crippen LogP contribution in [-0.2, 0) is 0 Å². The molecule has 0 N–H and O–H groups in total. The van der Waals surface area contributed by atoms with Gasteiger partial charge in [-0.25, -0.2) is 0 Å². The van der Waals surface area contributed by atoms with Crippen molar-refractivity contribution in [2.45, 2.75) is 9.79 Å². The van der Waals surface area contributed by atoms with Crippen LogP contribution in [0.1, 0.15) is 0 Å². The molecule has 3 nitrogen and oxygen atoms in total. The van der Waals surface area contributed by atoms with Crippen molar-refractivity contribution in [2.24, 2.45) is 0 Å². The Bertz CT molecular complexity index is 342. The maximum atomic E-state index is 10.5. The van der Waals surface area contributed by atoms with Gasteiger partial charge in [-0.15, -0.1) is 0 Å². The Kier molecular flexibility index (Phi) is 2.20. The van der Waals surface area contributed by atoms with Gasteiger partial charge in [-0.3, -0.25) is 10.1 Å². The van der Waals surface area contributed by atoms with Crippen molar-refractivity contribution in [1.29, 1.82) is 0 Å². The summed E-state index contributed by atoms with van der Waals surface area (Å²) in [5, 5.41) is 10.5. The Hall–Kier alpha value is -0.330. The molecule has 1 heterocycles. The van der Waals surface area contributed by atoms with Crippen LogP contribution in [0, 0.1) is 10.1 Å². The van der Waals surface area contributed by atoms with Gasteiger partial charge in [0.25, 0.3) is 5.69 Å². The van der Waals surface area contributed by atoms with Gasteiger partial charge in [0.2, 0.25) is 0 Å². The van der Waals surface area contributed by atoms with Gasteiger partial charge >= 0.3 is 0 Å². The molecule has 1 aromatic carbocycles. The van der Waals surface area contributed by atoms with E-state index in [2.05, 4.69) is 0 Å². The average Bonchev–Trinajstić information content (AvgIpc) is 2.49. The summed E-state index contributed by atoms with van der Waals surface area (Å²) in [6, 6.07) is 5.16. The molecule has 0 saturated carbocycles. The largest absolute Gasteiger partial charge is 0.284 e. The molecule has 0 spiro atoms. The first-order valence-electron chi connectivity index (χ1n) is 3.07. The molecule has 1 aliphatic heterocycles. The third-order valence-electron chi connectivity index (χ3n) is 1.40. The van der Waals surface area contributed by atoms with Gasteiger partial charge in [-0.2, -0.15) is 0 Å². The molecule has 0 saturated heterocycles. The van der Waals surface area contributed by atoms with Crippen molar-refractivity contribution >= 4 is 37.1 Å². The Morgan fingerprint density at radius 3 is 2.92 bits per heavy atom.